The summed E-state index contributed by atoms with van der Waals surface area (Å²) >= 11 is 7.05. The lowest BCUT2D eigenvalue weighted by Gasteiger charge is -2.07. The van der Waals surface area contributed by atoms with E-state index in [0.717, 1.165) is 5.69 Å². The second kappa shape index (κ2) is 7.90. The van der Waals surface area contributed by atoms with Gasteiger partial charge in [0.25, 0.3) is 11.5 Å². The molecule has 4 rings (SSSR count). The molecule has 8 nitrogen and oxygen atoms in total. The van der Waals surface area contributed by atoms with Gasteiger partial charge in [0.2, 0.25) is 0 Å². The number of benzene rings is 1. The maximum Gasteiger partial charge on any atom is 0.261 e. The zero-order valence-electron chi connectivity index (χ0n) is 14.8. The van der Waals surface area contributed by atoms with E-state index >= 15 is 0 Å². The lowest BCUT2D eigenvalue weighted by Crippen LogP contribution is -2.21. The maximum atomic E-state index is 12.1. The molecule has 0 radical (unpaired) electrons. The molecule has 0 atom stereocenters. The number of hydrogen-bond donors (Lipinski definition) is 2. The summed E-state index contributed by atoms with van der Waals surface area (Å²) < 4.78 is 3.47. The van der Waals surface area contributed by atoms with Crippen LogP contribution in [0.3, 0.4) is 0 Å². The number of pyridine rings is 1. The highest BCUT2D eigenvalue weighted by Crippen LogP contribution is 2.21. The number of amides is 1. The largest absolute Gasteiger partial charge is 0.506 e. The molecule has 3 heterocycles. The minimum atomic E-state index is -0.249. The first kappa shape index (κ1) is 18.9. The molecule has 4 aromatic rings. The smallest absolute Gasteiger partial charge is 0.261 e. The van der Waals surface area contributed by atoms with E-state index in [-0.39, 0.29) is 23.8 Å². The summed E-state index contributed by atoms with van der Waals surface area (Å²) in [6.45, 7) is 0.227. The van der Waals surface area contributed by atoms with Crippen molar-refractivity contribution in [2.24, 2.45) is 0 Å². The van der Waals surface area contributed by atoms with Gasteiger partial charge in [-0.1, -0.05) is 16.8 Å². The van der Waals surface area contributed by atoms with Crippen LogP contribution in [0, 0.1) is 0 Å². The van der Waals surface area contributed by atoms with E-state index in [1.165, 1.54) is 34.2 Å². The molecule has 0 aliphatic rings. The number of halogens is 1. The van der Waals surface area contributed by atoms with Gasteiger partial charge in [0, 0.05) is 11.8 Å². The molecule has 0 saturated carbocycles. The average Bonchev–Trinajstić information content (AvgIpc) is 3.37. The molecule has 0 aliphatic carbocycles. The molecule has 29 heavy (non-hydrogen) atoms. The van der Waals surface area contributed by atoms with Crippen molar-refractivity contribution in [3.8, 4) is 17.1 Å². The second-order valence-corrected chi connectivity index (χ2v) is 7.77. The molecule has 1 amide bonds. The summed E-state index contributed by atoms with van der Waals surface area (Å²) in [5.74, 6) is -0.223. The monoisotopic (exact) mass is 427 g/mol. The first-order chi connectivity index (χ1) is 14.0. The van der Waals surface area contributed by atoms with E-state index < -0.39 is 0 Å². The number of carbonyl (C=O) groups excluding carboxylic acids is 1. The summed E-state index contributed by atoms with van der Waals surface area (Å²) in [6.07, 6.45) is 3.06. The number of carbonyl (C=O) groups is 1. The highest BCUT2D eigenvalue weighted by atomic mass is 35.5. The minimum Gasteiger partial charge on any atom is -0.506 e. The summed E-state index contributed by atoms with van der Waals surface area (Å²) in [5, 5.41) is 20.5. The van der Waals surface area contributed by atoms with Crippen molar-refractivity contribution in [3.05, 3.63) is 86.2 Å². The van der Waals surface area contributed by atoms with Crippen molar-refractivity contribution in [1.29, 1.82) is 0 Å². The third-order valence-corrected chi connectivity index (χ3v) is 5.29. The molecule has 146 valence electrons. The molecule has 2 N–H and O–H groups in total. The predicted molar refractivity (Wildman–Crippen MR) is 109 cm³/mol. The first-order valence-corrected chi connectivity index (χ1v) is 9.66. The molecular formula is C19H14ClN5O3S. The number of aromatic nitrogens is 4. The summed E-state index contributed by atoms with van der Waals surface area (Å²) in [7, 11) is 0. The van der Waals surface area contributed by atoms with E-state index in [1.807, 2.05) is 0 Å². The number of nitrogens with zero attached hydrogens (tertiary/aromatic N) is 4. The second-order valence-electron chi connectivity index (χ2n) is 6.05. The Morgan fingerprint density at radius 1 is 1.07 bits per heavy atom. The molecule has 0 saturated heterocycles. The van der Waals surface area contributed by atoms with Gasteiger partial charge in [0.1, 0.15) is 11.4 Å². The third-order valence-electron chi connectivity index (χ3n) is 4.06. The van der Waals surface area contributed by atoms with Crippen LogP contribution >= 0.6 is 22.9 Å². The van der Waals surface area contributed by atoms with Crippen molar-refractivity contribution in [3.63, 3.8) is 0 Å². The normalized spacial score (nSPS) is 10.8. The Morgan fingerprint density at radius 3 is 2.55 bits per heavy atom. The Bertz CT molecular complexity index is 1230. The number of thiophene rings is 1. The fourth-order valence-electron chi connectivity index (χ4n) is 2.64. The molecule has 0 spiro atoms. The molecule has 0 bridgehead atoms. The summed E-state index contributed by atoms with van der Waals surface area (Å²) in [6, 6.07) is 13.0. The number of aromatic hydroxyl groups is 1. The zero-order valence-corrected chi connectivity index (χ0v) is 16.4. The lowest BCUT2D eigenvalue weighted by atomic mass is 10.2. The minimum absolute atomic E-state index is 0.00135. The van der Waals surface area contributed by atoms with E-state index in [9.17, 15) is 14.7 Å². The fraction of sp³-hybridized carbons (Fsp3) is 0.0526. The number of nitrogens with one attached hydrogen (secondary N) is 1. The standard InChI is InChI=1S/C19H14ClN5O3S/c20-17-7-6-16(29-17)19(28)21-9-12-10-25(23-22-12)14-3-1-13(2-4-14)24-11-15(26)5-8-18(24)27/h1-8,10-11,26H,9H2,(H,21,28). The van der Waals surface area contributed by atoms with Gasteiger partial charge in [-0.3, -0.25) is 14.2 Å². The Labute approximate surface area is 173 Å². The number of hydrogen-bond acceptors (Lipinski definition) is 6. The van der Waals surface area contributed by atoms with Gasteiger partial charge in [-0.2, -0.15) is 0 Å². The van der Waals surface area contributed by atoms with Gasteiger partial charge in [-0.15, -0.1) is 16.4 Å². The maximum absolute atomic E-state index is 12.1. The topological polar surface area (TPSA) is 102 Å². The van der Waals surface area contributed by atoms with Crippen LogP contribution in [0.25, 0.3) is 11.4 Å². The molecule has 10 heteroatoms. The Kier molecular flexibility index (Phi) is 5.15. The van der Waals surface area contributed by atoms with Crippen molar-refractivity contribution >= 4 is 28.8 Å². The van der Waals surface area contributed by atoms with Crippen LogP contribution in [0.1, 0.15) is 15.4 Å². The van der Waals surface area contributed by atoms with Crippen LogP contribution < -0.4 is 10.9 Å². The number of rotatable bonds is 5. The van der Waals surface area contributed by atoms with Gasteiger partial charge in [-0.25, -0.2) is 4.68 Å². The highest BCUT2D eigenvalue weighted by Gasteiger charge is 2.10. The van der Waals surface area contributed by atoms with Crippen LogP contribution in [-0.2, 0) is 6.54 Å². The van der Waals surface area contributed by atoms with Crippen molar-refractivity contribution < 1.29 is 9.90 Å². The van der Waals surface area contributed by atoms with Gasteiger partial charge < -0.3 is 10.4 Å². The third kappa shape index (κ3) is 4.20. The van der Waals surface area contributed by atoms with Crippen molar-refractivity contribution in [2.45, 2.75) is 6.54 Å². The molecule has 1 aromatic carbocycles. The Morgan fingerprint density at radius 2 is 1.83 bits per heavy atom. The quantitative estimate of drug-likeness (QED) is 0.510. The molecular weight excluding hydrogens is 414 g/mol. The molecule has 0 unspecified atom stereocenters. The average molecular weight is 428 g/mol. The zero-order chi connectivity index (χ0) is 20.4. The van der Waals surface area contributed by atoms with Gasteiger partial charge >= 0.3 is 0 Å². The van der Waals surface area contributed by atoms with Gasteiger partial charge in [0.05, 0.1) is 33.8 Å². The summed E-state index contributed by atoms with van der Waals surface area (Å²) in [5.41, 5.74) is 1.68. The summed E-state index contributed by atoms with van der Waals surface area (Å²) in [4.78, 5) is 24.5. The first-order valence-electron chi connectivity index (χ1n) is 8.47. The Hall–Kier alpha value is -3.43. The van der Waals surface area contributed by atoms with Crippen LogP contribution in [0.5, 0.6) is 5.75 Å². The van der Waals surface area contributed by atoms with Crippen LogP contribution in [0.2, 0.25) is 4.34 Å². The molecule has 3 aromatic heterocycles. The van der Waals surface area contributed by atoms with Gasteiger partial charge in [0.15, 0.2) is 0 Å². The lowest BCUT2D eigenvalue weighted by molar-refractivity contribution is 0.0954. The van der Waals surface area contributed by atoms with Gasteiger partial charge in [-0.05, 0) is 42.5 Å². The van der Waals surface area contributed by atoms with E-state index in [1.54, 1.807) is 47.3 Å². The Balaban J connectivity index is 1.46. The molecule has 0 fully saturated rings. The van der Waals surface area contributed by atoms with Crippen LogP contribution in [-0.4, -0.2) is 30.6 Å². The van der Waals surface area contributed by atoms with E-state index in [4.69, 9.17) is 11.6 Å². The van der Waals surface area contributed by atoms with Crippen LogP contribution in [0.4, 0.5) is 0 Å². The van der Waals surface area contributed by atoms with Crippen LogP contribution in [0.15, 0.2) is 65.7 Å². The van der Waals surface area contributed by atoms with E-state index in [2.05, 4.69) is 15.6 Å². The highest BCUT2D eigenvalue weighted by molar-refractivity contribution is 7.17. The molecule has 0 aliphatic heterocycles. The predicted octanol–water partition coefficient (Wildman–Crippen LogP) is 2.77. The van der Waals surface area contributed by atoms with E-state index in [0.29, 0.717) is 20.6 Å². The SMILES string of the molecule is O=C(NCc1cn(-c2ccc(-n3cc(O)ccc3=O)cc2)nn1)c1ccc(Cl)s1. The fourth-order valence-corrected chi connectivity index (χ4v) is 3.60. The van der Waals surface area contributed by atoms with Crippen molar-refractivity contribution in [1.82, 2.24) is 24.9 Å². The van der Waals surface area contributed by atoms with Crippen molar-refractivity contribution in [2.75, 3.05) is 0 Å².